The second-order valence-corrected chi connectivity index (χ2v) is 7.39. The predicted octanol–water partition coefficient (Wildman–Crippen LogP) is 3.27. The van der Waals surface area contributed by atoms with Crippen molar-refractivity contribution >= 4 is 29.9 Å². The van der Waals surface area contributed by atoms with Gasteiger partial charge < -0.3 is 29.7 Å². The van der Waals surface area contributed by atoms with Crippen molar-refractivity contribution in [3.63, 3.8) is 0 Å². The zero-order chi connectivity index (χ0) is 20.9. The van der Waals surface area contributed by atoms with Crippen molar-refractivity contribution < 1.29 is 14.2 Å². The first-order valence-corrected chi connectivity index (χ1v) is 10.7. The topological polar surface area (TPSA) is 67.4 Å². The van der Waals surface area contributed by atoms with Crippen LogP contribution in [0.4, 0.5) is 0 Å². The lowest BCUT2D eigenvalue weighted by molar-refractivity contribution is 0.162. The van der Waals surface area contributed by atoms with Gasteiger partial charge in [0.25, 0.3) is 0 Å². The molecule has 7 nitrogen and oxygen atoms in total. The van der Waals surface area contributed by atoms with Crippen molar-refractivity contribution in [2.24, 2.45) is 4.99 Å². The number of benzene rings is 1. The van der Waals surface area contributed by atoms with Gasteiger partial charge in [-0.2, -0.15) is 0 Å². The van der Waals surface area contributed by atoms with Crippen molar-refractivity contribution in [2.75, 3.05) is 54.1 Å². The van der Waals surface area contributed by atoms with E-state index in [1.807, 2.05) is 12.1 Å². The Morgan fingerprint density at radius 3 is 2.60 bits per heavy atom. The lowest BCUT2D eigenvalue weighted by Gasteiger charge is -2.19. The molecule has 0 atom stereocenters. The van der Waals surface area contributed by atoms with Crippen LogP contribution >= 0.6 is 24.0 Å². The Morgan fingerprint density at radius 2 is 1.93 bits per heavy atom. The standard InChI is InChI=1S/C22H38N4O3.HI/c1-5-23-22(24-13-14-26(2)15-16-27-3)25-17-18-9-8-12-20(28-4)21(18)29-19-10-6-7-11-19;/h8-9,12,19H,5-7,10-11,13-17H2,1-4H3,(H2,23,24,25);1H. The highest BCUT2D eigenvalue weighted by Gasteiger charge is 2.20. The van der Waals surface area contributed by atoms with Crippen molar-refractivity contribution in [1.29, 1.82) is 0 Å². The Labute approximate surface area is 199 Å². The van der Waals surface area contributed by atoms with Gasteiger partial charge in [0.1, 0.15) is 0 Å². The van der Waals surface area contributed by atoms with Gasteiger partial charge in [-0.25, -0.2) is 4.99 Å². The van der Waals surface area contributed by atoms with Crippen LogP contribution in [0.3, 0.4) is 0 Å². The van der Waals surface area contributed by atoms with E-state index in [4.69, 9.17) is 19.2 Å². The fourth-order valence-electron chi connectivity index (χ4n) is 3.38. The fourth-order valence-corrected chi connectivity index (χ4v) is 3.38. The lowest BCUT2D eigenvalue weighted by Crippen LogP contribution is -2.41. The lowest BCUT2D eigenvalue weighted by atomic mass is 10.1. The van der Waals surface area contributed by atoms with Crippen LogP contribution in [0.25, 0.3) is 0 Å². The zero-order valence-electron chi connectivity index (χ0n) is 18.9. The summed E-state index contributed by atoms with van der Waals surface area (Å²) in [5.74, 6) is 2.42. The first-order chi connectivity index (χ1) is 14.2. The molecule has 1 aromatic rings. The third-order valence-corrected chi connectivity index (χ3v) is 5.08. The van der Waals surface area contributed by atoms with Crippen LogP contribution in [0.1, 0.15) is 38.2 Å². The number of ether oxygens (including phenoxy) is 3. The molecule has 1 fully saturated rings. The molecule has 0 radical (unpaired) electrons. The van der Waals surface area contributed by atoms with E-state index in [9.17, 15) is 0 Å². The van der Waals surface area contributed by atoms with Gasteiger partial charge >= 0.3 is 0 Å². The van der Waals surface area contributed by atoms with Gasteiger partial charge in [0.15, 0.2) is 17.5 Å². The van der Waals surface area contributed by atoms with E-state index in [-0.39, 0.29) is 30.1 Å². The number of para-hydroxylation sites is 1. The van der Waals surface area contributed by atoms with Crippen molar-refractivity contribution in [2.45, 2.75) is 45.3 Å². The van der Waals surface area contributed by atoms with Gasteiger partial charge in [0.2, 0.25) is 0 Å². The summed E-state index contributed by atoms with van der Waals surface area (Å²) in [7, 11) is 5.51. The molecule has 1 aromatic carbocycles. The van der Waals surface area contributed by atoms with Gasteiger partial charge in [-0.05, 0) is 45.7 Å². The van der Waals surface area contributed by atoms with E-state index >= 15 is 0 Å². The molecular weight excluding hydrogens is 495 g/mol. The number of nitrogens with zero attached hydrogens (tertiary/aromatic N) is 2. The maximum Gasteiger partial charge on any atom is 0.191 e. The maximum atomic E-state index is 6.32. The molecule has 1 saturated carbocycles. The molecule has 0 amide bonds. The molecule has 0 saturated heterocycles. The molecule has 172 valence electrons. The number of methoxy groups -OCH3 is 2. The molecule has 8 heteroatoms. The first kappa shape index (κ1) is 26.8. The normalized spacial score (nSPS) is 14.5. The smallest absolute Gasteiger partial charge is 0.191 e. The van der Waals surface area contributed by atoms with Crippen LogP contribution < -0.4 is 20.1 Å². The van der Waals surface area contributed by atoms with Gasteiger partial charge in [0, 0.05) is 38.9 Å². The van der Waals surface area contributed by atoms with E-state index in [1.165, 1.54) is 12.8 Å². The minimum atomic E-state index is 0. The van der Waals surface area contributed by atoms with Crippen LogP contribution in [0.2, 0.25) is 0 Å². The summed E-state index contributed by atoms with van der Waals surface area (Å²) in [6, 6.07) is 6.02. The molecule has 0 spiro atoms. The molecule has 0 heterocycles. The highest BCUT2D eigenvalue weighted by molar-refractivity contribution is 14.0. The molecule has 2 N–H and O–H groups in total. The third-order valence-electron chi connectivity index (χ3n) is 5.08. The van der Waals surface area contributed by atoms with E-state index < -0.39 is 0 Å². The van der Waals surface area contributed by atoms with Crippen LogP contribution in [-0.4, -0.2) is 71.0 Å². The summed E-state index contributed by atoms with van der Waals surface area (Å²) in [4.78, 5) is 7.00. The van der Waals surface area contributed by atoms with Crippen LogP contribution in [0, 0.1) is 0 Å². The monoisotopic (exact) mass is 534 g/mol. The van der Waals surface area contributed by atoms with E-state index in [1.54, 1.807) is 14.2 Å². The Hall–Kier alpha value is -1.26. The highest BCUT2D eigenvalue weighted by atomic mass is 127. The average molecular weight is 534 g/mol. The summed E-state index contributed by atoms with van der Waals surface area (Å²) in [5, 5.41) is 6.72. The van der Waals surface area contributed by atoms with E-state index in [0.717, 1.165) is 68.6 Å². The van der Waals surface area contributed by atoms with Crippen molar-refractivity contribution in [3.05, 3.63) is 23.8 Å². The molecule has 0 aliphatic heterocycles. The highest BCUT2D eigenvalue weighted by Crippen LogP contribution is 2.35. The second-order valence-electron chi connectivity index (χ2n) is 7.39. The summed E-state index contributed by atoms with van der Waals surface area (Å²) in [6.07, 6.45) is 4.98. The van der Waals surface area contributed by atoms with Gasteiger partial charge in [-0.3, -0.25) is 0 Å². The summed E-state index contributed by atoms with van der Waals surface area (Å²) in [6.45, 7) is 6.81. The third kappa shape index (κ3) is 9.26. The number of hydrogen-bond donors (Lipinski definition) is 2. The quantitative estimate of drug-likeness (QED) is 0.244. The maximum absolute atomic E-state index is 6.32. The number of hydrogen-bond acceptors (Lipinski definition) is 5. The SMILES string of the molecule is CCNC(=NCc1cccc(OC)c1OC1CCCC1)NCCN(C)CCOC.I. The number of halogens is 1. The van der Waals surface area contributed by atoms with Crippen molar-refractivity contribution in [1.82, 2.24) is 15.5 Å². The van der Waals surface area contributed by atoms with Gasteiger partial charge in [0.05, 0.1) is 26.4 Å². The molecule has 30 heavy (non-hydrogen) atoms. The molecule has 0 bridgehead atoms. The molecule has 1 aliphatic rings. The Bertz CT molecular complexity index is 624. The van der Waals surface area contributed by atoms with Crippen LogP contribution in [0.15, 0.2) is 23.2 Å². The van der Waals surface area contributed by atoms with Crippen molar-refractivity contribution in [3.8, 4) is 11.5 Å². The minimum Gasteiger partial charge on any atom is -0.493 e. The number of likely N-dealkylation sites (N-methyl/N-ethyl adjacent to an activating group) is 1. The molecule has 1 aliphatic carbocycles. The second kappa shape index (κ2) is 15.5. The largest absolute Gasteiger partial charge is 0.493 e. The van der Waals surface area contributed by atoms with Crippen LogP contribution in [0.5, 0.6) is 11.5 Å². The first-order valence-electron chi connectivity index (χ1n) is 10.7. The number of nitrogens with one attached hydrogen (secondary N) is 2. The number of guanidine groups is 1. The predicted molar refractivity (Wildman–Crippen MR) is 133 cm³/mol. The number of rotatable bonds is 12. The number of aliphatic imine (C=N–C) groups is 1. The van der Waals surface area contributed by atoms with E-state index in [2.05, 4.69) is 35.6 Å². The summed E-state index contributed by atoms with van der Waals surface area (Å²) in [5.41, 5.74) is 1.05. The Kier molecular flexibility index (Phi) is 13.9. The summed E-state index contributed by atoms with van der Waals surface area (Å²) >= 11 is 0. The Morgan fingerprint density at radius 1 is 1.17 bits per heavy atom. The van der Waals surface area contributed by atoms with Crippen LogP contribution in [-0.2, 0) is 11.3 Å². The molecule has 0 aromatic heterocycles. The fraction of sp³-hybridized carbons (Fsp3) is 0.682. The molecule has 2 rings (SSSR count). The summed E-state index contributed by atoms with van der Waals surface area (Å²) < 4.78 is 17.0. The molecular formula is C22H39IN4O3. The molecule has 0 unspecified atom stereocenters. The van der Waals surface area contributed by atoms with Gasteiger partial charge in [-0.1, -0.05) is 12.1 Å². The Balaban J connectivity index is 0.00000450. The van der Waals surface area contributed by atoms with Gasteiger partial charge in [-0.15, -0.1) is 24.0 Å². The van der Waals surface area contributed by atoms with E-state index in [0.29, 0.717) is 6.54 Å². The minimum absolute atomic E-state index is 0. The zero-order valence-corrected chi connectivity index (χ0v) is 21.2. The average Bonchev–Trinajstić information content (AvgIpc) is 3.24.